The Hall–Kier alpha value is -9.94. The van der Waals surface area contributed by atoms with Gasteiger partial charge in [0, 0.05) is 53.1 Å². The van der Waals surface area contributed by atoms with Gasteiger partial charge in [-0.25, -0.2) is 24.2 Å². The van der Waals surface area contributed by atoms with E-state index in [9.17, 15) is 0 Å². The van der Waals surface area contributed by atoms with Crippen LogP contribution < -0.4 is 0 Å². The lowest BCUT2D eigenvalue weighted by Crippen LogP contribution is -1.85. The summed E-state index contributed by atoms with van der Waals surface area (Å²) in [6.07, 6.45) is 28.6. The molecule has 612 valence electrons. The molecule has 0 bridgehead atoms. The summed E-state index contributed by atoms with van der Waals surface area (Å²) in [6, 6.07) is 7.09. The Labute approximate surface area is 653 Å². The second-order valence-corrected chi connectivity index (χ2v) is 28.7. The fourth-order valence-electron chi connectivity index (χ4n) is 2.68. The van der Waals surface area contributed by atoms with Gasteiger partial charge in [-0.2, -0.15) is 24.8 Å². The number of hydrogen-bond donors (Lipinski definition) is 1. The minimum absolute atomic E-state index is 0.282. The third-order valence-electron chi connectivity index (χ3n) is 5.65. The van der Waals surface area contributed by atoms with Crippen molar-refractivity contribution >= 4 is 23.3 Å². The van der Waals surface area contributed by atoms with Crippen LogP contribution >= 0.6 is 23.3 Å². The van der Waals surface area contributed by atoms with Crippen molar-refractivity contribution in [2.24, 2.45) is 53.3 Å². The van der Waals surface area contributed by atoms with E-state index in [0.717, 1.165) is 75.7 Å². The SMILES string of the molecule is CC(C)C.CC(C)C.CC(C)C.CC(C)C.CC(C)C.CC(C)C.CC(C)C.CC(C)C.CC(C)C.CC(C)c1cnon1.CC(C)c1nnno1.CC(C)c1nnns1.c1ccnnc1.c1cnncn1.c1cnnnc1.c1cnoc1.c1cocn1.c1conn1.c1nc[nH]n1.c1nnon1.c1nnsn1. The minimum Gasteiger partial charge on any atom is -0.452 e. The number of nitrogens with zero attached hydrogens (tertiary/aromatic N) is 28. The fraction of sp³-hybridized carbons (Fsp3) is 0.634. The highest BCUT2D eigenvalue weighted by Crippen LogP contribution is 2.12. The first kappa shape index (κ1) is 116. The molecule has 12 heterocycles. The molecule has 35 nitrogen and oxygen atoms in total. The summed E-state index contributed by atoms with van der Waals surface area (Å²) < 4.78 is 36.6. The van der Waals surface area contributed by atoms with E-state index in [2.05, 4.69) is 375 Å². The van der Waals surface area contributed by atoms with Crippen LogP contribution in [0, 0.1) is 53.3 Å². The van der Waals surface area contributed by atoms with Crippen molar-refractivity contribution in [2.45, 2.75) is 246 Å². The van der Waals surface area contributed by atoms with E-state index in [0.29, 0.717) is 17.7 Å². The molecule has 0 spiro atoms. The van der Waals surface area contributed by atoms with E-state index in [4.69, 9.17) is 0 Å². The van der Waals surface area contributed by atoms with Crippen LogP contribution in [0.25, 0.3) is 0 Å². The maximum absolute atomic E-state index is 4.62. The topological polar surface area (TPSA) is 456 Å². The van der Waals surface area contributed by atoms with Crippen LogP contribution in [0.4, 0.5) is 0 Å². The fourth-order valence-corrected chi connectivity index (χ4v) is 3.33. The first-order chi connectivity index (χ1) is 51.0. The van der Waals surface area contributed by atoms with Crippen molar-refractivity contribution in [3.8, 4) is 0 Å². The average Bonchev–Trinajstić information content (AvgIpc) is 1.95. The number of nitrogens with one attached hydrogen (secondary N) is 1. The van der Waals surface area contributed by atoms with Crippen molar-refractivity contribution in [3.05, 3.63) is 160 Å². The Balaban J connectivity index is -0.000000137. The summed E-state index contributed by atoms with van der Waals surface area (Å²) in [4.78, 5) is 10.7. The molecule has 0 saturated carbocycles. The third kappa shape index (κ3) is 172. The van der Waals surface area contributed by atoms with Crippen LogP contribution in [0.3, 0.4) is 0 Å². The van der Waals surface area contributed by atoms with Gasteiger partial charge in [-0.15, -0.1) is 30.6 Å². The highest BCUT2D eigenvalue weighted by molar-refractivity contribution is 7.05. The molecule has 0 unspecified atom stereocenters. The van der Waals surface area contributed by atoms with Gasteiger partial charge < -0.3 is 18.0 Å². The van der Waals surface area contributed by atoms with E-state index in [-0.39, 0.29) is 5.92 Å². The van der Waals surface area contributed by atoms with Gasteiger partial charge in [0.25, 0.3) is 5.89 Å². The van der Waals surface area contributed by atoms with Crippen LogP contribution in [0.5, 0.6) is 0 Å². The molecule has 0 aliphatic rings. The molecule has 108 heavy (non-hydrogen) atoms. The monoisotopic (exact) mass is 1550 g/mol. The number of H-pyrrole nitrogens is 1. The summed E-state index contributed by atoms with van der Waals surface area (Å²) in [6.45, 7) is 70.7. The number of oxazole rings is 1. The van der Waals surface area contributed by atoms with Crippen molar-refractivity contribution in [1.82, 2.24) is 147 Å². The number of aromatic amines is 1. The maximum Gasteiger partial charge on any atom is 0.250 e. The summed E-state index contributed by atoms with van der Waals surface area (Å²) in [5.74, 6) is 9.26. The summed E-state index contributed by atoms with van der Waals surface area (Å²) in [5.41, 5.74) is 0.907. The Morgan fingerprint density at radius 2 is 0.898 bits per heavy atom. The van der Waals surface area contributed by atoms with Gasteiger partial charge >= 0.3 is 0 Å². The first-order valence-corrected chi connectivity index (χ1v) is 36.8. The van der Waals surface area contributed by atoms with Gasteiger partial charge in [-0.05, 0) is 98.3 Å². The largest absolute Gasteiger partial charge is 0.452 e. The Morgan fingerprint density at radius 1 is 0.352 bits per heavy atom. The van der Waals surface area contributed by atoms with Crippen molar-refractivity contribution < 1.29 is 27.2 Å². The molecule has 0 radical (unpaired) electrons. The Kier molecular flexibility index (Phi) is 107. The smallest absolute Gasteiger partial charge is 0.250 e. The summed E-state index contributed by atoms with van der Waals surface area (Å²) in [7, 11) is 0. The number of rotatable bonds is 3. The van der Waals surface area contributed by atoms with Gasteiger partial charge in [0.15, 0.2) is 19.0 Å². The molecule has 0 aromatic carbocycles. The second kappa shape index (κ2) is 99.1. The summed E-state index contributed by atoms with van der Waals surface area (Å²) in [5, 5.41) is 77.9. The van der Waals surface area contributed by atoms with Crippen molar-refractivity contribution in [3.63, 3.8) is 0 Å². The molecule has 0 aliphatic carbocycles. The van der Waals surface area contributed by atoms with Gasteiger partial charge in [0.2, 0.25) is 0 Å². The zero-order valence-corrected chi connectivity index (χ0v) is 72.6. The lowest BCUT2D eigenvalue weighted by molar-refractivity contribution is 0.292. The van der Waals surface area contributed by atoms with E-state index in [1.165, 1.54) is 80.7 Å². The van der Waals surface area contributed by atoms with Crippen molar-refractivity contribution in [2.75, 3.05) is 0 Å². The number of aromatic nitrogens is 29. The molecule has 0 aliphatic heterocycles. The number of hydrogen-bond acceptors (Lipinski definition) is 36. The first-order valence-electron chi connectivity index (χ1n) is 35.3. The Bertz CT molecular complexity index is 2390. The average molecular weight is 1560 g/mol. The molecular weight excluding hydrogens is 1420 g/mol. The van der Waals surface area contributed by atoms with Crippen LogP contribution in [-0.2, 0) is 0 Å². The molecule has 0 saturated heterocycles. The quantitative estimate of drug-likeness (QED) is 0.172. The van der Waals surface area contributed by atoms with Crippen LogP contribution in [0.1, 0.15) is 263 Å². The lowest BCUT2D eigenvalue weighted by Gasteiger charge is -1.91. The molecule has 1 N–H and O–H groups in total. The van der Waals surface area contributed by atoms with E-state index >= 15 is 0 Å². The van der Waals surface area contributed by atoms with E-state index in [1.807, 2.05) is 39.8 Å². The highest BCUT2D eigenvalue weighted by atomic mass is 32.1. The van der Waals surface area contributed by atoms with Crippen LogP contribution in [0.15, 0.2) is 170 Å². The van der Waals surface area contributed by atoms with E-state index in [1.54, 1.807) is 61.7 Å². The standard InChI is InChI=1S/C5H8N2O.C4H7N3O.C4H7N3S.C4H4N2.9C4H10.2C3H3N3.2C3H3NO.C2H3N3.C2H2N2O.CHN3O.CHN3S/c1-4(2)5-3-6-8-7-5;2*1-3(2)4-5-6-7-8-4;1-2-4-6-5-3-1;9*1-4(2)3;1-2-5-6-3-4-1;1-2-4-6-5-3-1;1-2-5-3-4-1;1-2-4-5-3-1;1-3-2-5-4-1;1-2-5-4-3-1;2*1-2-4-5-3-1/h3-4H,1-2H3;2*3H,1-2H3;1-4H;9*4H,1-3H3;2*1-3H;2*1-3H;1-2H,(H,3,4,5);1-2H;2*1H. The summed E-state index contributed by atoms with van der Waals surface area (Å²) >= 11 is 2.46. The molecule has 12 aromatic rings. The normalized spacial score (nSPS) is 8.86. The van der Waals surface area contributed by atoms with Crippen LogP contribution in [0.2, 0.25) is 0 Å². The van der Waals surface area contributed by atoms with Gasteiger partial charge in [0.05, 0.1) is 65.6 Å². The minimum atomic E-state index is 0.282. The molecule has 0 atom stereocenters. The lowest BCUT2D eigenvalue weighted by atomic mass is 10.2. The Morgan fingerprint density at radius 3 is 1.04 bits per heavy atom. The maximum atomic E-state index is 4.62. The predicted molar refractivity (Wildman–Crippen MR) is 426 cm³/mol. The van der Waals surface area contributed by atoms with Gasteiger partial charge in [0.1, 0.15) is 48.5 Å². The molecule has 0 fully saturated rings. The molecule has 37 heteroatoms. The van der Waals surface area contributed by atoms with E-state index < -0.39 is 0 Å². The molecule has 12 aromatic heterocycles. The zero-order valence-electron chi connectivity index (χ0n) is 71.0. The highest BCUT2D eigenvalue weighted by Gasteiger charge is 2.04. The molecule has 0 amide bonds. The van der Waals surface area contributed by atoms with Gasteiger partial charge in [-0.1, -0.05) is 263 Å². The van der Waals surface area contributed by atoms with Crippen LogP contribution in [-0.4, -0.2) is 147 Å². The zero-order chi connectivity index (χ0) is 84.1. The van der Waals surface area contributed by atoms with Gasteiger partial charge in [-0.3, -0.25) is 5.10 Å². The molecular formula is C71H135N29O6S2. The molecule has 12 rings (SSSR count). The predicted octanol–water partition coefficient (Wildman–Crippen LogP) is 18.6. The second-order valence-electron chi connectivity index (χ2n) is 27.4. The van der Waals surface area contributed by atoms with Crippen molar-refractivity contribution in [1.29, 1.82) is 0 Å². The third-order valence-corrected chi connectivity index (χ3v) is 6.90.